The van der Waals surface area contributed by atoms with Crippen LogP contribution in [-0.2, 0) is 6.61 Å². The van der Waals surface area contributed by atoms with Gasteiger partial charge in [0.1, 0.15) is 12.4 Å². The van der Waals surface area contributed by atoms with Crippen LogP contribution in [0.2, 0.25) is 0 Å². The zero-order valence-electron chi connectivity index (χ0n) is 11.1. The Labute approximate surface area is 124 Å². The highest BCUT2D eigenvalue weighted by Crippen LogP contribution is 2.29. The van der Waals surface area contributed by atoms with E-state index in [1.54, 1.807) is 6.07 Å². The molecule has 1 heterocycles. The number of hydrogen-bond donors (Lipinski definition) is 0. The van der Waals surface area contributed by atoms with Crippen molar-refractivity contribution in [3.05, 3.63) is 50.7 Å². The van der Waals surface area contributed by atoms with Gasteiger partial charge < -0.3 is 4.74 Å². The summed E-state index contributed by atoms with van der Waals surface area (Å²) in [6.07, 6.45) is 1.88. The average Bonchev–Trinajstić information content (AvgIpc) is 2.86. The third-order valence-electron chi connectivity index (χ3n) is 2.69. The van der Waals surface area contributed by atoms with Crippen LogP contribution in [0.1, 0.15) is 25.6 Å². The number of rotatable bonds is 5. The highest BCUT2D eigenvalue weighted by Gasteiger charge is 2.11. The van der Waals surface area contributed by atoms with Gasteiger partial charge in [-0.3, -0.25) is 14.8 Å². The first-order chi connectivity index (χ1) is 9.47. The van der Waals surface area contributed by atoms with E-state index in [1.165, 1.54) is 12.1 Å². The van der Waals surface area contributed by atoms with Gasteiger partial charge in [0.05, 0.1) is 21.2 Å². The quantitative estimate of drug-likeness (QED) is 0.614. The van der Waals surface area contributed by atoms with E-state index in [2.05, 4.69) is 21.0 Å². The molecule has 0 unspecified atom stereocenters. The number of nitrogens with zero attached hydrogens (tertiary/aromatic N) is 3. The Hall–Kier alpha value is -1.89. The molecule has 6 nitrogen and oxygen atoms in total. The second-order valence-electron chi connectivity index (χ2n) is 4.54. The largest absolute Gasteiger partial charge is 0.486 e. The molecule has 106 valence electrons. The minimum Gasteiger partial charge on any atom is -0.486 e. The molecule has 0 saturated heterocycles. The number of non-ortho nitro benzene ring substituents is 1. The maximum atomic E-state index is 10.7. The molecule has 2 aromatic rings. The van der Waals surface area contributed by atoms with E-state index < -0.39 is 4.92 Å². The Balaban J connectivity index is 2.09. The van der Waals surface area contributed by atoms with Gasteiger partial charge in [-0.25, -0.2) is 0 Å². The van der Waals surface area contributed by atoms with Crippen LogP contribution in [0, 0.1) is 10.1 Å². The molecule has 20 heavy (non-hydrogen) atoms. The van der Waals surface area contributed by atoms with Gasteiger partial charge >= 0.3 is 0 Å². The fourth-order valence-corrected chi connectivity index (χ4v) is 1.97. The minimum atomic E-state index is -0.452. The van der Waals surface area contributed by atoms with Crippen molar-refractivity contribution in [3.8, 4) is 5.75 Å². The second-order valence-corrected chi connectivity index (χ2v) is 5.40. The summed E-state index contributed by atoms with van der Waals surface area (Å²) in [5, 5.41) is 15.1. The molecule has 1 aromatic heterocycles. The lowest BCUT2D eigenvalue weighted by molar-refractivity contribution is -0.385. The first-order valence-corrected chi connectivity index (χ1v) is 6.87. The summed E-state index contributed by atoms with van der Waals surface area (Å²) in [5.41, 5.74) is 0.771. The number of nitro groups is 1. The molecule has 0 radical (unpaired) electrons. The molecule has 0 spiro atoms. The molecule has 2 rings (SSSR count). The van der Waals surface area contributed by atoms with Crippen LogP contribution in [0.4, 0.5) is 5.69 Å². The Morgan fingerprint density at radius 1 is 1.45 bits per heavy atom. The summed E-state index contributed by atoms with van der Waals surface area (Å²) < 4.78 is 8.09. The maximum Gasteiger partial charge on any atom is 0.273 e. The number of aromatic nitrogens is 2. The van der Waals surface area contributed by atoms with Crippen molar-refractivity contribution in [2.45, 2.75) is 26.5 Å². The molecule has 0 amide bonds. The predicted octanol–water partition coefficient (Wildman–Crippen LogP) is 3.71. The van der Waals surface area contributed by atoms with Crippen molar-refractivity contribution in [3.63, 3.8) is 0 Å². The molecular formula is C13H14BrN3O3. The van der Waals surface area contributed by atoms with Gasteiger partial charge in [-0.2, -0.15) is 5.10 Å². The summed E-state index contributed by atoms with van der Waals surface area (Å²) in [7, 11) is 0. The zero-order valence-corrected chi connectivity index (χ0v) is 12.7. The average molecular weight is 340 g/mol. The van der Waals surface area contributed by atoms with Crippen LogP contribution in [0.25, 0.3) is 0 Å². The fourth-order valence-electron chi connectivity index (χ4n) is 1.61. The number of hydrogen-bond acceptors (Lipinski definition) is 4. The van der Waals surface area contributed by atoms with Crippen molar-refractivity contribution >= 4 is 21.6 Å². The molecule has 0 atom stereocenters. The van der Waals surface area contributed by atoms with Crippen LogP contribution in [0.5, 0.6) is 5.75 Å². The third-order valence-corrected chi connectivity index (χ3v) is 3.35. The highest BCUT2D eigenvalue weighted by molar-refractivity contribution is 9.10. The van der Waals surface area contributed by atoms with Crippen molar-refractivity contribution in [2.75, 3.05) is 0 Å². The van der Waals surface area contributed by atoms with Crippen LogP contribution in [0.3, 0.4) is 0 Å². The minimum absolute atomic E-state index is 0.00379. The lowest BCUT2D eigenvalue weighted by atomic mass is 10.3. The molecule has 0 saturated carbocycles. The molecular weight excluding hydrogens is 326 g/mol. The van der Waals surface area contributed by atoms with Gasteiger partial charge in [-0.1, -0.05) is 0 Å². The smallest absolute Gasteiger partial charge is 0.273 e. The van der Waals surface area contributed by atoms with E-state index in [-0.39, 0.29) is 18.3 Å². The number of nitro benzene ring substituents is 1. The molecule has 1 aromatic carbocycles. The van der Waals surface area contributed by atoms with Crippen molar-refractivity contribution in [2.24, 2.45) is 0 Å². The lowest BCUT2D eigenvalue weighted by Gasteiger charge is -2.07. The van der Waals surface area contributed by atoms with Crippen molar-refractivity contribution in [1.82, 2.24) is 9.78 Å². The SMILES string of the molecule is CC(C)n1ccc(COc2cc([N+](=O)[O-])ccc2Br)n1. The summed E-state index contributed by atoms with van der Waals surface area (Å²) in [4.78, 5) is 10.3. The van der Waals surface area contributed by atoms with Crippen molar-refractivity contribution in [1.29, 1.82) is 0 Å². The van der Waals surface area contributed by atoms with Gasteiger partial charge in [0.15, 0.2) is 0 Å². The van der Waals surface area contributed by atoms with E-state index in [1.807, 2.05) is 30.8 Å². The molecule has 0 fully saturated rings. The normalized spacial score (nSPS) is 10.8. The predicted molar refractivity (Wildman–Crippen MR) is 77.7 cm³/mol. The van der Waals surface area contributed by atoms with E-state index in [4.69, 9.17) is 4.74 Å². The Morgan fingerprint density at radius 3 is 2.80 bits per heavy atom. The standard InChI is InChI=1S/C13H14BrN3O3/c1-9(2)16-6-5-10(15-16)8-20-13-7-11(17(18)19)3-4-12(13)14/h3-7,9H,8H2,1-2H3. The Kier molecular flexibility index (Phi) is 4.39. The van der Waals surface area contributed by atoms with Gasteiger partial charge in [0.25, 0.3) is 5.69 Å². The van der Waals surface area contributed by atoms with Gasteiger partial charge in [0.2, 0.25) is 0 Å². The molecule has 0 aliphatic rings. The molecule has 0 bridgehead atoms. The number of ether oxygens (including phenoxy) is 1. The highest BCUT2D eigenvalue weighted by atomic mass is 79.9. The molecule has 7 heteroatoms. The first-order valence-electron chi connectivity index (χ1n) is 6.08. The summed E-state index contributed by atoms with van der Waals surface area (Å²) in [5.74, 6) is 0.429. The molecule has 0 aliphatic carbocycles. The number of halogens is 1. The summed E-state index contributed by atoms with van der Waals surface area (Å²) in [6, 6.07) is 6.56. The van der Waals surface area contributed by atoms with E-state index in [0.29, 0.717) is 10.2 Å². The fraction of sp³-hybridized carbons (Fsp3) is 0.308. The van der Waals surface area contributed by atoms with E-state index >= 15 is 0 Å². The molecule has 0 aliphatic heterocycles. The summed E-state index contributed by atoms with van der Waals surface area (Å²) in [6.45, 7) is 4.34. The first kappa shape index (κ1) is 14.5. The van der Waals surface area contributed by atoms with Crippen LogP contribution in [0.15, 0.2) is 34.9 Å². The second kappa shape index (κ2) is 6.04. The van der Waals surface area contributed by atoms with Crippen LogP contribution >= 0.6 is 15.9 Å². The van der Waals surface area contributed by atoms with E-state index in [9.17, 15) is 10.1 Å². The summed E-state index contributed by atoms with van der Waals surface area (Å²) >= 11 is 3.31. The van der Waals surface area contributed by atoms with E-state index in [0.717, 1.165) is 5.69 Å². The Bertz CT molecular complexity index is 625. The van der Waals surface area contributed by atoms with Gasteiger partial charge in [0, 0.05) is 18.3 Å². The monoisotopic (exact) mass is 339 g/mol. The van der Waals surface area contributed by atoms with Gasteiger partial charge in [-0.05, 0) is 41.9 Å². The zero-order chi connectivity index (χ0) is 14.7. The maximum absolute atomic E-state index is 10.7. The molecule has 0 N–H and O–H groups in total. The topological polar surface area (TPSA) is 70.2 Å². The Morgan fingerprint density at radius 2 is 2.20 bits per heavy atom. The third kappa shape index (κ3) is 3.36. The van der Waals surface area contributed by atoms with Crippen LogP contribution < -0.4 is 4.74 Å². The lowest BCUT2D eigenvalue weighted by Crippen LogP contribution is -2.03. The van der Waals surface area contributed by atoms with Crippen molar-refractivity contribution < 1.29 is 9.66 Å². The van der Waals surface area contributed by atoms with Crippen LogP contribution in [-0.4, -0.2) is 14.7 Å². The van der Waals surface area contributed by atoms with Gasteiger partial charge in [-0.15, -0.1) is 0 Å². The number of benzene rings is 1.